The van der Waals surface area contributed by atoms with Crippen LogP contribution in [0.5, 0.6) is 0 Å². The molecule has 2 heterocycles. The number of fused-ring (bicyclic) bond motifs is 1. The first-order chi connectivity index (χ1) is 10.1. The number of hydrogen-bond donors (Lipinski definition) is 1. The first-order valence-electron chi connectivity index (χ1n) is 7.00. The van der Waals surface area contributed by atoms with Gasteiger partial charge < -0.3 is 14.3 Å². The van der Waals surface area contributed by atoms with Gasteiger partial charge in [-0.15, -0.1) is 0 Å². The lowest BCUT2D eigenvalue weighted by atomic mass is 10.2. The Balaban J connectivity index is 1.93. The summed E-state index contributed by atoms with van der Waals surface area (Å²) in [6, 6.07) is 2.15. The van der Waals surface area contributed by atoms with Crippen LogP contribution in [0.2, 0.25) is 0 Å². The number of morpholine rings is 1. The number of H-pyrrole nitrogens is 1. The van der Waals surface area contributed by atoms with Crippen molar-refractivity contribution in [2.75, 3.05) is 26.2 Å². The molecule has 1 aromatic heterocycles. The number of nitrogens with zero attached hydrogens (tertiary/aromatic N) is 2. The van der Waals surface area contributed by atoms with Crippen LogP contribution in [0, 0.1) is 16.4 Å². The van der Waals surface area contributed by atoms with Crippen LogP contribution in [0.4, 0.5) is 8.78 Å². The molecule has 1 atom stereocenters. The van der Waals surface area contributed by atoms with E-state index in [2.05, 4.69) is 16.8 Å². The summed E-state index contributed by atoms with van der Waals surface area (Å²) in [5, 5.41) is 0. The Labute approximate surface area is 126 Å². The van der Waals surface area contributed by atoms with E-state index in [-0.39, 0.29) is 11.6 Å². The molecule has 1 N–H and O–H groups in total. The van der Waals surface area contributed by atoms with Crippen LogP contribution in [0.15, 0.2) is 12.1 Å². The summed E-state index contributed by atoms with van der Waals surface area (Å²) in [5.74, 6) is -1.24. The molecule has 0 radical (unpaired) electrons. The first kappa shape index (κ1) is 14.6. The van der Waals surface area contributed by atoms with Gasteiger partial charge in [0.25, 0.3) is 0 Å². The second kappa shape index (κ2) is 5.82. The number of likely N-dealkylation sites (N-methyl/N-ethyl adjacent to an activating group) is 1. The second-order valence-electron chi connectivity index (χ2n) is 5.21. The van der Waals surface area contributed by atoms with Gasteiger partial charge in [0.15, 0.2) is 10.6 Å². The number of nitrogens with one attached hydrogen (secondary N) is 1. The smallest absolute Gasteiger partial charge is 0.178 e. The van der Waals surface area contributed by atoms with Crippen LogP contribution in [0.3, 0.4) is 0 Å². The van der Waals surface area contributed by atoms with Crippen molar-refractivity contribution in [1.82, 2.24) is 14.5 Å². The predicted octanol–water partition coefficient (Wildman–Crippen LogP) is 2.70. The second-order valence-corrected chi connectivity index (χ2v) is 5.60. The summed E-state index contributed by atoms with van der Waals surface area (Å²) in [4.78, 5) is 5.09. The van der Waals surface area contributed by atoms with E-state index in [0.717, 1.165) is 25.7 Å². The Morgan fingerprint density at radius 1 is 1.43 bits per heavy atom. The Morgan fingerprint density at radius 3 is 3.00 bits per heavy atom. The molecule has 1 saturated heterocycles. The summed E-state index contributed by atoms with van der Waals surface area (Å²) in [6.45, 7) is 5.92. The molecule has 2 aromatic rings. The van der Waals surface area contributed by atoms with Crippen LogP contribution < -0.4 is 0 Å². The Kier molecular flexibility index (Phi) is 4.05. The van der Waals surface area contributed by atoms with Gasteiger partial charge >= 0.3 is 0 Å². The van der Waals surface area contributed by atoms with Crippen molar-refractivity contribution in [3.8, 4) is 0 Å². The normalized spacial score (nSPS) is 20.2. The molecule has 7 heteroatoms. The van der Waals surface area contributed by atoms with Gasteiger partial charge in [-0.25, -0.2) is 8.78 Å². The number of hydrogen-bond acceptors (Lipinski definition) is 3. The molecular formula is C14H17F2N3OS. The van der Waals surface area contributed by atoms with Crippen molar-refractivity contribution >= 4 is 23.3 Å². The van der Waals surface area contributed by atoms with E-state index in [4.69, 9.17) is 17.0 Å². The molecule has 4 nitrogen and oxygen atoms in total. The maximum absolute atomic E-state index is 13.8. The maximum atomic E-state index is 13.8. The van der Waals surface area contributed by atoms with E-state index in [0.29, 0.717) is 23.4 Å². The average molecular weight is 313 g/mol. The highest BCUT2D eigenvalue weighted by molar-refractivity contribution is 7.71. The van der Waals surface area contributed by atoms with Gasteiger partial charge in [0.05, 0.1) is 24.8 Å². The van der Waals surface area contributed by atoms with E-state index in [1.807, 2.05) is 0 Å². The lowest BCUT2D eigenvalue weighted by Gasteiger charge is -2.32. The van der Waals surface area contributed by atoms with Gasteiger partial charge in [0.1, 0.15) is 11.3 Å². The molecule has 1 aromatic carbocycles. The van der Waals surface area contributed by atoms with Gasteiger partial charge in [0.2, 0.25) is 0 Å². The van der Waals surface area contributed by atoms with Crippen molar-refractivity contribution in [3.05, 3.63) is 28.5 Å². The predicted molar refractivity (Wildman–Crippen MR) is 78.9 cm³/mol. The fraction of sp³-hybridized carbons (Fsp3) is 0.500. The van der Waals surface area contributed by atoms with Crippen LogP contribution in [0.25, 0.3) is 11.0 Å². The van der Waals surface area contributed by atoms with Crippen molar-refractivity contribution < 1.29 is 13.5 Å². The van der Waals surface area contributed by atoms with Crippen molar-refractivity contribution in [2.45, 2.75) is 19.6 Å². The quantitative estimate of drug-likeness (QED) is 0.885. The van der Waals surface area contributed by atoms with E-state index in [1.165, 1.54) is 6.07 Å². The van der Waals surface area contributed by atoms with E-state index < -0.39 is 11.6 Å². The summed E-state index contributed by atoms with van der Waals surface area (Å²) < 4.78 is 35.0. The number of halogens is 2. The third-order valence-electron chi connectivity index (χ3n) is 3.86. The molecule has 1 unspecified atom stereocenters. The Morgan fingerprint density at radius 2 is 2.24 bits per heavy atom. The average Bonchev–Trinajstić information content (AvgIpc) is 2.77. The standard InChI is InChI=1S/C14H17F2N3OS/c1-2-18-3-4-20-10(7-18)8-19-12-6-9(15)5-11(16)13(12)17-14(19)21/h5-6,10H,2-4,7-8H2,1H3,(H,17,21). The van der Waals surface area contributed by atoms with Crippen LogP contribution in [0.1, 0.15) is 6.92 Å². The molecule has 0 amide bonds. The Bertz CT molecular complexity index is 712. The van der Waals surface area contributed by atoms with Gasteiger partial charge in [-0.1, -0.05) is 6.92 Å². The molecule has 114 valence electrons. The van der Waals surface area contributed by atoms with E-state index in [9.17, 15) is 8.78 Å². The minimum absolute atomic E-state index is 0.0317. The molecule has 0 saturated carbocycles. The minimum Gasteiger partial charge on any atom is -0.374 e. The highest BCUT2D eigenvalue weighted by atomic mass is 32.1. The topological polar surface area (TPSA) is 33.2 Å². The number of benzene rings is 1. The summed E-state index contributed by atoms with van der Waals surface area (Å²) >= 11 is 5.23. The summed E-state index contributed by atoms with van der Waals surface area (Å²) in [7, 11) is 0. The lowest BCUT2D eigenvalue weighted by molar-refractivity contribution is -0.0339. The summed E-state index contributed by atoms with van der Waals surface area (Å²) in [6.07, 6.45) is -0.0317. The zero-order chi connectivity index (χ0) is 15.0. The molecular weight excluding hydrogens is 296 g/mol. The van der Waals surface area contributed by atoms with Crippen molar-refractivity contribution in [3.63, 3.8) is 0 Å². The van der Waals surface area contributed by atoms with Gasteiger partial charge in [-0.3, -0.25) is 4.90 Å². The monoisotopic (exact) mass is 313 g/mol. The highest BCUT2D eigenvalue weighted by Gasteiger charge is 2.21. The number of imidazole rings is 1. The maximum Gasteiger partial charge on any atom is 0.178 e. The first-order valence-corrected chi connectivity index (χ1v) is 7.41. The van der Waals surface area contributed by atoms with Crippen LogP contribution >= 0.6 is 12.2 Å². The zero-order valence-corrected chi connectivity index (χ0v) is 12.6. The van der Waals surface area contributed by atoms with E-state index >= 15 is 0 Å². The van der Waals surface area contributed by atoms with Gasteiger partial charge in [-0.05, 0) is 24.8 Å². The summed E-state index contributed by atoms with van der Waals surface area (Å²) in [5.41, 5.74) is 0.680. The molecule has 1 aliphatic heterocycles. The number of rotatable bonds is 3. The minimum atomic E-state index is -0.630. The van der Waals surface area contributed by atoms with Crippen LogP contribution in [-0.2, 0) is 11.3 Å². The molecule has 0 bridgehead atoms. The van der Waals surface area contributed by atoms with Gasteiger partial charge in [-0.2, -0.15) is 0 Å². The molecule has 1 fully saturated rings. The molecule has 0 aliphatic carbocycles. The SMILES string of the molecule is CCN1CCOC(Cn2c(=S)[nH]c3c(F)cc(F)cc32)C1. The van der Waals surface area contributed by atoms with Crippen molar-refractivity contribution in [1.29, 1.82) is 0 Å². The zero-order valence-electron chi connectivity index (χ0n) is 11.7. The molecule has 0 spiro atoms. The number of aromatic nitrogens is 2. The largest absolute Gasteiger partial charge is 0.374 e. The third kappa shape index (κ3) is 2.86. The number of ether oxygens (including phenoxy) is 1. The van der Waals surface area contributed by atoms with Crippen molar-refractivity contribution in [2.24, 2.45) is 0 Å². The fourth-order valence-corrected chi connectivity index (χ4v) is 3.02. The van der Waals surface area contributed by atoms with Gasteiger partial charge in [0, 0.05) is 19.2 Å². The molecule has 1 aliphatic rings. The fourth-order valence-electron chi connectivity index (χ4n) is 2.74. The number of aromatic amines is 1. The highest BCUT2D eigenvalue weighted by Crippen LogP contribution is 2.20. The van der Waals surface area contributed by atoms with Crippen LogP contribution in [-0.4, -0.2) is 46.8 Å². The third-order valence-corrected chi connectivity index (χ3v) is 4.18. The lowest BCUT2D eigenvalue weighted by Crippen LogP contribution is -2.43. The Hall–Kier alpha value is -1.31. The molecule has 21 heavy (non-hydrogen) atoms. The molecule has 3 rings (SSSR count). The van der Waals surface area contributed by atoms with E-state index in [1.54, 1.807) is 4.57 Å².